The van der Waals surface area contributed by atoms with Crippen molar-refractivity contribution < 1.29 is 14.2 Å². The first kappa shape index (κ1) is 21.9. The summed E-state index contributed by atoms with van der Waals surface area (Å²) in [6.07, 6.45) is 0.836. The second-order valence-corrected chi connectivity index (χ2v) is 7.99. The van der Waals surface area contributed by atoms with Crippen LogP contribution in [0.1, 0.15) is 29.2 Å². The maximum Gasteiger partial charge on any atom is 0.258 e. The van der Waals surface area contributed by atoms with E-state index in [0.29, 0.717) is 29.2 Å². The molecular weight excluding hydrogens is 408 g/mol. The summed E-state index contributed by atoms with van der Waals surface area (Å²) in [5.74, 6) is 0.340. The van der Waals surface area contributed by atoms with Gasteiger partial charge in [0.25, 0.3) is 5.56 Å². The lowest BCUT2D eigenvalue weighted by Crippen LogP contribution is -2.38. The highest BCUT2D eigenvalue weighted by atomic mass is 16.5. The number of ether oxygens (including phenoxy) is 3. The highest BCUT2D eigenvalue weighted by Crippen LogP contribution is 2.43. The van der Waals surface area contributed by atoms with E-state index in [4.69, 9.17) is 19.9 Å². The number of nitriles is 1. The number of para-hydroxylation sites is 1. The highest BCUT2D eigenvalue weighted by molar-refractivity contribution is 5.58. The highest BCUT2D eigenvalue weighted by Gasteiger charge is 2.35. The Morgan fingerprint density at radius 3 is 2.72 bits per heavy atom. The van der Waals surface area contributed by atoms with Gasteiger partial charge < -0.3 is 24.5 Å². The summed E-state index contributed by atoms with van der Waals surface area (Å²) in [5, 5.41) is 9.85. The van der Waals surface area contributed by atoms with Crippen LogP contribution in [-0.2, 0) is 11.3 Å². The van der Waals surface area contributed by atoms with Gasteiger partial charge in [0.2, 0.25) is 5.88 Å². The fourth-order valence-electron chi connectivity index (χ4n) is 4.46. The average Bonchev–Trinajstić information content (AvgIpc) is 2.81. The Morgan fingerprint density at radius 1 is 1.25 bits per heavy atom. The summed E-state index contributed by atoms with van der Waals surface area (Å²) in [6, 6.07) is 11.3. The molecule has 8 heteroatoms. The molecule has 2 aliphatic rings. The monoisotopic (exact) mass is 436 g/mol. The molecule has 1 aromatic heterocycles. The van der Waals surface area contributed by atoms with E-state index in [-0.39, 0.29) is 17.0 Å². The fourth-order valence-corrected chi connectivity index (χ4v) is 4.46. The maximum atomic E-state index is 13.7. The van der Waals surface area contributed by atoms with Crippen LogP contribution in [-0.4, -0.2) is 49.4 Å². The lowest BCUT2D eigenvalue weighted by molar-refractivity contribution is 0.0369. The molecule has 0 aliphatic carbocycles. The number of nitrogens with two attached hydrogens (primary N) is 1. The van der Waals surface area contributed by atoms with Crippen LogP contribution in [0.3, 0.4) is 0 Å². The van der Waals surface area contributed by atoms with Crippen molar-refractivity contribution in [2.45, 2.75) is 25.8 Å². The minimum absolute atomic E-state index is 0.0137. The number of pyridine rings is 1. The fraction of sp³-hybridized carbons (Fsp3) is 0.417. The molecule has 3 heterocycles. The standard InChI is InChI=1S/C24H28N4O4/c1-16-14-20-22(24(29)28(16)9-5-8-27-10-12-31-13-11-27)21(18(15-25)23(26)32-20)17-6-3-4-7-19(17)30-2/h3-4,6-7,14,21H,5,8-13,26H2,1-2H3/t21-/m0/s1. The Morgan fingerprint density at radius 2 is 2.00 bits per heavy atom. The van der Waals surface area contributed by atoms with Crippen LogP contribution in [0.15, 0.2) is 46.6 Å². The number of aryl methyl sites for hydroxylation is 1. The Labute approximate surface area is 187 Å². The van der Waals surface area contributed by atoms with Gasteiger partial charge in [-0.3, -0.25) is 9.69 Å². The molecule has 8 nitrogen and oxygen atoms in total. The summed E-state index contributed by atoms with van der Waals surface area (Å²) in [7, 11) is 1.57. The van der Waals surface area contributed by atoms with E-state index < -0.39 is 5.92 Å². The summed E-state index contributed by atoms with van der Waals surface area (Å²) >= 11 is 0. The Hall–Kier alpha value is -3.28. The zero-order chi connectivity index (χ0) is 22.7. The first-order valence-corrected chi connectivity index (χ1v) is 10.8. The predicted molar refractivity (Wildman–Crippen MR) is 120 cm³/mol. The summed E-state index contributed by atoms with van der Waals surface area (Å²) < 4.78 is 18.4. The Kier molecular flexibility index (Phi) is 6.49. The van der Waals surface area contributed by atoms with E-state index in [1.165, 1.54) is 0 Å². The van der Waals surface area contributed by atoms with E-state index >= 15 is 0 Å². The third-order valence-electron chi connectivity index (χ3n) is 6.10. The van der Waals surface area contributed by atoms with Crippen LogP contribution in [0.5, 0.6) is 11.5 Å². The number of morpholine rings is 1. The molecule has 1 aromatic carbocycles. The van der Waals surface area contributed by atoms with Gasteiger partial charge in [0.05, 0.1) is 31.8 Å². The van der Waals surface area contributed by atoms with Gasteiger partial charge in [-0.05, 0) is 19.4 Å². The zero-order valence-electron chi connectivity index (χ0n) is 18.5. The normalized spacial score (nSPS) is 18.6. The molecule has 168 valence electrons. The summed E-state index contributed by atoms with van der Waals surface area (Å²) in [6.45, 7) is 6.69. The Bertz CT molecular complexity index is 1130. The van der Waals surface area contributed by atoms with E-state index in [1.54, 1.807) is 11.7 Å². The molecule has 0 saturated carbocycles. The molecule has 4 rings (SSSR count). The van der Waals surface area contributed by atoms with Crippen LogP contribution < -0.4 is 20.8 Å². The smallest absolute Gasteiger partial charge is 0.258 e. The number of rotatable bonds is 6. The van der Waals surface area contributed by atoms with E-state index in [9.17, 15) is 10.1 Å². The van der Waals surface area contributed by atoms with Gasteiger partial charge in [-0.1, -0.05) is 18.2 Å². The van der Waals surface area contributed by atoms with Gasteiger partial charge in [-0.15, -0.1) is 0 Å². The molecule has 1 atom stereocenters. The number of methoxy groups -OCH3 is 1. The molecule has 0 bridgehead atoms. The minimum Gasteiger partial charge on any atom is -0.496 e. The first-order valence-electron chi connectivity index (χ1n) is 10.8. The first-order chi connectivity index (χ1) is 15.5. The quantitative estimate of drug-likeness (QED) is 0.740. The summed E-state index contributed by atoms with van der Waals surface area (Å²) in [5.41, 5.74) is 8.05. The number of hydrogen-bond donors (Lipinski definition) is 1. The number of allylic oxidation sites excluding steroid dienone is 1. The average molecular weight is 437 g/mol. The number of nitrogens with zero attached hydrogens (tertiary/aromatic N) is 3. The van der Waals surface area contributed by atoms with E-state index in [2.05, 4.69) is 11.0 Å². The number of aromatic nitrogens is 1. The molecule has 32 heavy (non-hydrogen) atoms. The maximum absolute atomic E-state index is 13.7. The van der Waals surface area contributed by atoms with Crippen LogP contribution in [0.4, 0.5) is 0 Å². The van der Waals surface area contributed by atoms with Crippen LogP contribution in [0.25, 0.3) is 0 Å². The molecular formula is C24H28N4O4. The van der Waals surface area contributed by atoms with Gasteiger partial charge in [-0.2, -0.15) is 5.26 Å². The molecule has 1 saturated heterocycles. The third-order valence-corrected chi connectivity index (χ3v) is 6.10. The van der Waals surface area contributed by atoms with Crippen LogP contribution >= 0.6 is 0 Å². The second kappa shape index (κ2) is 9.47. The van der Waals surface area contributed by atoms with Gasteiger partial charge >= 0.3 is 0 Å². The van der Waals surface area contributed by atoms with Crippen LogP contribution in [0.2, 0.25) is 0 Å². The van der Waals surface area contributed by atoms with Crippen molar-refractivity contribution in [1.29, 1.82) is 5.26 Å². The third kappa shape index (κ3) is 4.09. The van der Waals surface area contributed by atoms with Crippen molar-refractivity contribution >= 4 is 0 Å². The van der Waals surface area contributed by atoms with Crippen molar-refractivity contribution in [2.24, 2.45) is 5.73 Å². The SMILES string of the molecule is COc1ccccc1[C@H]1C(C#N)=C(N)Oc2cc(C)n(CCCN3CCOCC3)c(=O)c21. The van der Waals surface area contributed by atoms with Crippen molar-refractivity contribution in [2.75, 3.05) is 40.0 Å². The minimum atomic E-state index is -0.654. The lowest BCUT2D eigenvalue weighted by atomic mass is 9.83. The van der Waals surface area contributed by atoms with Crippen LogP contribution in [0, 0.1) is 18.3 Å². The molecule has 0 spiro atoms. The van der Waals surface area contributed by atoms with Gasteiger partial charge in [0.15, 0.2) is 0 Å². The molecule has 0 unspecified atom stereocenters. The Balaban J connectivity index is 1.73. The number of fused-ring (bicyclic) bond motifs is 1. The topological polar surface area (TPSA) is 103 Å². The van der Waals surface area contributed by atoms with E-state index in [0.717, 1.165) is 45.0 Å². The van der Waals surface area contributed by atoms with Crippen molar-refractivity contribution in [1.82, 2.24) is 9.47 Å². The van der Waals surface area contributed by atoms with Gasteiger partial charge in [0, 0.05) is 43.5 Å². The van der Waals surface area contributed by atoms with Crippen molar-refractivity contribution in [3.63, 3.8) is 0 Å². The molecule has 0 amide bonds. The predicted octanol–water partition coefficient (Wildman–Crippen LogP) is 2.11. The number of benzene rings is 1. The summed E-state index contributed by atoms with van der Waals surface area (Å²) in [4.78, 5) is 16.1. The lowest BCUT2D eigenvalue weighted by Gasteiger charge is -2.29. The molecule has 1 fully saturated rings. The molecule has 2 aromatic rings. The molecule has 0 radical (unpaired) electrons. The molecule has 2 N–H and O–H groups in total. The second-order valence-electron chi connectivity index (χ2n) is 7.99. The largest absolute Gasteiger partial charge is 0.496 e. The molecule has 2 aliphatic heterocycles. The van der Waals surface area contributed by atoms with Crippen molar-refractivity contribution in [3.8, 4) is 17.6 Å². The van der Waals surface area contributed by atoms with Gasteiger partial charge in [-0.25, -0.2) is 0 Å². The zero-order valence-corrected chi connectivity index (χ0v) is 18.5. The van der Waals surface area contributed by atoms with Gasteiger partial charge in [0.1, 0.15) is 23.1 Å². The van der Waals surface area contributed by atoms with Crippen molar-refractivity contribution in [3.05, 3.63) is 69.0 Å². The number of hydrogen-bond acceptors (Lipinski definition) is 7. The van der Waals surface area contributed by atoms with E-state index in [1.807, 2.05) is 37.3 Å².